The molecule has 1 saturated carbocycles. The lowest BCUT2D eigenvalue weighted by molar-refractivity contribution is -0.139. The molecule has 2 aliphatic carbocycles. The number of ether oxygens (including phenoxy) is 3. The molecule has 6 unspecified atom stereocenters. The molecule has 0 bridgehead atoms. The second-order valence-electron chi connectivity index (χ2n) is 9.41. The van der Waals surface area contributed by atoms with E-state index in [2.05, 4.69) is 9.47 Å². The number of fused-ring (bicyclic) bond motifs is 4. The van der Waals surface area contributed by atoms with Crippen LogP contribution in [0.15, 0.2) is 29.8 Å². The first-order valence-electron chi connectivity index (χ1n) is 11.6. The first-order chi connectivity index (χ1) is 17.7. The molecular formula is C25H24N2O10. The van der Waals surface area contributed by atoms with Crippen LogP contribution in [-0.2, 0) is 28.7 Å². The maximum Gasteiger partial charge on any atom is 0.423 e. The molecule has 1 aromatic rings. The number of amides is 6. The molecular weight excluding hydrogens is 488 g/mol. The van der Waals surface area contributed by atoms with Gasteiger partial charge in [0.25, 0.3) is 0 Å². The summed E-state index contributed by atoms with van der Waals surface area (Å²) in [6.45, 7) is 0. The molecule has 0 aromatic heterocycles. The molecule has 2 aliphatic heterocycles. The fraction of sp³-hybridized carbons (Fsp3) is 0.440. The van der Waals surface area contributed by atoms with E-state index in [1.165, 1.54) is 25.3 Å². The molecule has 194 valence electrons. The minimum absolute atomic E-state index is 0.00893. The van der Waals surface area contributed by atoms with Crippen LogP contribution in [0.5, 0.6) is 11.5 Å². The van der Waals surface area contributed by atoms with Crippen molar-refractivity contribution in [3.05, 3.63) is 35.4 Å². The molecule has 1 aromatic carbocycles. The number of carbonyl (C=O) groups excluding carboxylic acids is 6. The summed E-state index contributed by atoms with van der Waals surface area (Å²) in [5, 5.41) is 10.8. The van der Waals surface area contributed by atoms with Gasteiger partial charge in [0.05, 0.1) is 45.0 Å². The van der Waals surface area contributed by atoms with Crippen LogP contribution in [0.25, 0.3) is 0 Å². The third-order valence-electron chi connectivity index (χ3n) is 7.93. The Morgan fingerprint density at radius 3 is 2.03 bits per heavy atom. The largest absolute Gasteiger partial charge is 0.508 e. The third kappa shape index (κ3) is 3.35. The fourth-order valence-electron chi connectivity index (χ4n) is 6.39. The second kappa shape index (κ2) is 8.71. The highest BCUT2D eigenvalue weighted by atomic mass is 16.5. The third-order valence-corrected chi connectivity index (χ3v) is 7.93. The number of likely N-dealkylation sites (tertiary alicyclic amines) is 2. The summed E-state index contributed by atoms with van der Waals surface area (Å²) in [4.78, 5) is 78.6. The molecule has 2 heterocycles. The van der Waals surface area contributed by atoms with Gasteiger partial charge in [-0.1, -0.05) is 11.6 Å². The van der Waals surface area contributed by atoms with Crippen LogP contribution in [0.2, 0.25) is 0 Å². The molecule has 12 nitrogen and oxygen atoms in total. The highest BCUT2D eigenvalue weighted by Gasteiger charge is 2.64. The minimum Gasteiger partial charge on any atom is -0.508 e. The van der Waals surface area contributed by atoms with Gasteiger partial charge >= 0.3 is 12.2 Å². The summed E-state index contributed by atoms with van der Waals surface area (Å²) in [7, 11) is 3.54. The molecule has 6 amide bonds. The number of rotatable bonds is 2. The highest BCUT2D eigenvalue weighted by molar-refractivity contribution is 6.17. The van der Waals surface area contributed by atoms with E-state index in [1.807, 2.05) is 0 Å². The van der Waals surface area contributed by atoms with Gasteiger partial charge in [-0.25, -0.2) is 9.59 Å². The zero-order valence-electron chi connectivity index (χ0n) is 20.2. The van der Waals surface area contributed by atoms with Gasteiger partial charge < -0.3 is 19.3 Å². The molecule has 1 N–H and O–H groups in total. The van der Waals surface area contributed by atoms with E-state index in [0.29, 0.717) is 21.1 Å². The Morgan fingerprint density at radius 2 is 1.43 bits per heavy atom. The molecule has 2 saturated heterocycles. The van der Waals surface area contributed by atoms with Crippen molar-refractivity contribution >= 4 is 35.8 Å². The van der Waals surface area contributed by atoms with E-state index in [9.17, 15) is 33.9 Å². The van der Waals surface area contributed by atoms with Crippen molar-refractivity contribution in [2.45, 2.75) is 18.8 Å². The highest BCUT2D eigenvalue weighted by Crippen LogP contribution is 2.59. The smallest absolute Gasteiger partial charge is 0.423 e. The SMILES string of the molecule is COC(=O)N1C(=O)C2CC=C3C(CC4C(=O)N(C(=O)OC)C(=O)C4C3c3cc(OC)ccc3O)C2C1=O. The minimum atomic E-state index is -1.13. The number of imide groups is 6. The van der Waals surface area contributed by atoms with Crippen molar-refractivity contribution in [3.63, 3.8) is 0 Å². The quantitative estimate of drug-likeness (QED) is 0.456. The van der Waals surface area contributed by atoms with E-state index < -0.39 is 71.3 Å². The van der Waals surface area contributed by atoms with Crippen molar-refractivity contribution in [1.29, 1.82) is 0 Å². The average Bonchev–Trinajstić information content (AvgIpc) is 3.30. The van der Waals surface area contributed by atoms with Crippen LogP contribution in [0.4, 0.5) is 9.59 Å². The Morgan fingerprint density at radius 1 is 0.838 bits per heavy atom. The van der Waals surface area contributed by atoms with Crippen molar-refractivity contribution in [3.8, 4) is 11.5 Å². The normalized spacial score (nSPS) is 30.4. The van der Waals surface area contributed by atoms with Gasteiger partial charge in [0.2, 0.25) is 23.6 Å². The maximum absolute atomic E-state index is 13.5. The number of hydrogen-bond acceptors (Lipinski definition) is 10. The number of allylic oxidation sites excluding steroid dienone is 2. The molecule has 37 heavy (non-hydrogen) atoms. The Balaban J connectivity index is 1.67. The van der Waals surface area contributed by atoms with Gasteiger partial charge in [0.15, 0.2) is 0 Å². The van der Waals surface area contributed by atoms with Crippen molar-refractivity contribution in [1.82, 2.24) is 9.80 Å². The van der Waals surface area contributed by atoms with Crippen LogP contribution < -0.4 is 4.74 Å². The number of phenols is 1. The number of phenolic OH excluding ortho intramolecular Hbond substituents is 1. The van der Waals surface area contributed by atoms with E-state index >= 15 is 0 Å². The van der Waals surface area contributed by atoms with E-state index in [0.717, 1.165) is 14.2 Å². The van der Waals surface area contributed by atoms with E-state index in [-0.39, 0.29) is 24.2 Å². The molecule has 3 fully saturated rings. The molecule has 12 heteroatoms. The summed E-state index contributed by atoms with van der Waals surface area (Å²) < 4.78 is 14.6. The van der Waals surface area contributed by atoms with Crippen LogP contribution >= 0.6 is 0 Å². The van der Waals surface area contributed by atoms with Crippen molar-refractivity contribution in [2.24, 2.45) is 29.6 Å². The van der Waals surface area contributed by atoms with Gasteiger partial charge in [0, 0.05) is 11.5 Å². The fourth-order valence-corrected chi connectivity index (χ4v) is 6.39. The number of benzene rings is 1. The zero-order valence-corrected chi connectivity index (χ0v) is 20.2. The number of hydrogen-bond donors (Lipinski definition) is 1. The first kappa shape index (κ1) is 24.5. The summed E-state index contributed by atoms with van der Waals surface area (Å²) >= 11 is 0. The van der Waals surface area contributed by atoms with Crippen LogP contribution in [-0.4, -0.2) is 72.1 Å². The summed E-state index contributed by atoms with van der Waals surface area (Å²) in [6.07, 6.45) is -0.389. The topological polar surface area (TPSA) is 157 Å². The summed E-state index contributed by atoms with van der Waals surface area (Å²) in [5.74, 6) is -8.31. The van der Waals surface area contributed by atoms with Gasteiger partial charge in [0.1, 0.15) is 11.5 Å². The van der Waals surface area contributed by atoms with Gasteiger partial charge in [-0.2, -0.15) is 9.80 Å². The van der Waals surface area contributed by atoms with E-state index in [4.69, 9.17) is 4.74 Å². The number of aromatic hydroxyl groups is 1. The zero-order chi connectivity index (χ0) is 26.8. The predicted octanol–water partition coefficient (Wildman–Crippen LogP) is 1.57. The van der Waals surface area contributed by atoms with Gasteiger partial charge in [-0.05, 0) is 37.0 Å². The van der Waals surface area contributed by atoms with Crippen LogP contribution in [0.1, 0.15) is 24.3 Å². The second-order valence-corrected chi connectivity index (χ2v) is 9.41. The molecule has 0 radical (unpaired) electrons. The monoisotopic (exact) mass is 512 g/mol. The Hall–Kier alpha value is -4.22. The number of nitrogens with zero attached hydrogens (tertiary/aromatic N) is 2. The average molecular weight is 512 g/mol. The van der Waals surface area contributed by atoms with Gasteiger partial charge in [-0.3, -0.25) is 19.2 Å². The first-order valence-corrected chi connectivity index (χ1v) is 11.6. The van der Waals surface area contributed by atoms with Crippen LogP contribution in [0, 0.1) is 29.6 Å². The van der Waals surface area contributed by atoms with Gasteiger partial charge in [-0.15, -0.1) is 0 Å². The molecule has 6 atom stereocenters. The van der Waals surface area contributed by atoms with E-state index in [1.54, 1.807) is 6.08 Å². The lowest BCUT2D eigenvalue weighted by Crippen LogP contribution is -2.43. The lowest BCUT2D eigenvalue weighted by atomic mass is 9.57. The lowest BCUT2D eigenvalue weighted by Gasteiger charge is -2.44. The number of methoxy groups -OCH3 is 3. The predicted molar refractivity (Wildman–Crippen MR) is 121 cm³/mol. The number of carbonyl (C=O) groups is 6. The van der Waals surface area contributed by atoms with Crippen LogP contribution in [0.3, 0.4) is 0 Å². The Bertz CT molecular complexity index is 1290. The maximum atomic E-state index is 13.5. The Kier molecular flexibility index (Phi) is 5.76. The standard InChI is InChI=1S/C25H24N2O10/c1-35-10-4-7-16(28)14(8-10)17-11-5-6-12-18(22(31)26(20(12)29)24(33)36-2)13(11)9-15-19(17)23(32)27(21(15)30)25(34)37-3/h4-5,7-8,12-13,15,17-19,28H,6,9H2,1-3H3. The van der Waals surface area contributed by atoms with Crippen molar-refractivity contribution < 1.29 is 48.1 Å². The molecule has 0 spiro atoms. The molecule has 4 aliphatic rings. The summed E-state index contributed by atoms with van der Waals surface area (Å²) in [5.41, 5.74) is 0.852. The Labute approximate surface area is 210 Å². The summed E-state index contributed by atoms with van der Waals surface area (Å²) in [6, 6.07) is 4.45. The molecule has 5 rings (SSSR count). The van der Waals surface area contributed by atoms with Crippen molar-refractivity contribution in [2.75, 3.05) is 21.3 Å².